The van der Waals surface area contributed by atoms with Crippen LogP contribution in [0.25, 0.3) is 11.1 Å². The summed E-state index contributed by atoms with van der Waals surface area (Å²) in [4.78, 5) is 31.4. The average Bonchev–Trinajstić information content (AvgIpc) is 3.31. The maximum absolute atomic E-state index is 12.9. The van der Waals surface area contributed by atoms with E-state index in [0.29, 0.717) is 12.1 Å². The van der Waals surface area contributed by atoms with E-state index in [4.69, 9.17) is 0 Å². The monoisotopic (exact) mass is 405 g/mol. The zero-order valence-electron chi connectivity index (χ0n) is 18.1. The number of carbonyl (C=O) groups is 2. The Morgan fingerprint density at radius 3 is 2.37 bits per heavy atom. The Kier molecular flexibility index (Phi) is 6.18. The van der Waals surface area contributed by atoms with Gasteiger partial charge in [-0.05, 0) is 74.2 Å². The van der Waals surface area contributed by atoms with Gasteiger partial charge < -0.3 is 14.7 Å². The molecule has 158 valence electrons. The summed E-state index contributed by atoms with van der Waals surface area (Å²) in [5.74, 6) is 0.194. The van der Waals surface area contributed by atoms with Gasteiger partial charge in [0.25, 0.3) is 11.8 Å². The Morgan fingerprint density at radius 1 is 0.967 bits per heavy atom. The molecule has 0 unspecified atom stereocenters. The molecule has 5 nitrogen and oxygen atoms in total. The van der Waals surface area contributed by atoms with E-state index in [0.717, 1.165) is 48.3 Å². The Bertz CT molecular complexity index is 916. The number of hydrogen-bond donors (Lipinski definition) is 0. The lowest BCUT2D eigenvalue weighted by molar-refractivity contribution is 0.0723. The summed E-state index contributed by atoms with van der Waals surface area (Å²) in [6.45, 7) is 7.59. The maximum atomic E-state index is 12.9. The highest BCUT2D eigenvalue weighted by atomic mass is 16.2. The van der Waals surface area contributed by atoms with Gasteiger partial charge in [-0.2, -0.15) is 0 Å². The van der Waals surface area contributed by atoms with Crippen molar-refractivity contribution in [2.75, 3.05) is 46.3 Å². The number of hydrogen-bond acceptors (Lipinski definition) is 3. The van der Waals surface area contributed by atoms with Gasteiger partial charge in [0, 0.05) is 44.4 Å². The van der Waals surface area contributed by atoms with Crippen molar-refractivity contribution in [2.45, 2.75) is 26.2 Å². The SMILES string of the molecule is CCN(C)C(=O)c1ccc(-c2ccc3c(c2)CCN(CCN2CCCC2)C3=O)cc1. The van der Waals surface area contributed by atoms with Gasteiger partial charge in [0.05, 0.1) is 0 Å². The standard InChI is InChI=1S/C25H31N3O2/c1-3-26(2)24(29)20-8-6-19(7-9-20)21-10-11-23-22(18-21)12-15-28(25(23)30)17-16-27-13-4-5-14-27/h6-11,18H,3-5,12-17H2,1-2H3. The summed E-state index contributed by atoms with van der Waals surface area (Å²) in [5, 5.41) is 0. The summed E-state index contributed by atoms with van der Waals surface area (Å²) >= 11 is 0. The second-order valence-electron chi connectivity index (χ2n) is 8.36. The summed E-state index contributed by atoms with van der Waals surface area (Å²) in [5.41, 5.74) is 4.82. The lowest BCUT2D eigenvalue weighted by Crippen LogP contribution is -2.42. The van der Waals surface area contributed by atoms with Crippen molar-refractivity contribution in [2.24, 2.45) is 0 Å². The minimum Gasteiger partial charge on any atom is -0.342 e. The van der Waals surface area contributed by atoms with Gasteiger partial charge in [-0.15, -0.1) is 0 Å². The van der Waals surface area contributed by atoms with Crippen molar-refractivity contribution in [1.82, 2.24) is 14.7 Å². The van der Waals surface area contributed by atoms with Crippen LogP contribution in [0.1, 0.15) is 46.0 Å². The molecule has 1 fully saturated rings. The molecule has 2 aromatic rings. The molecule has 2 aliphatic heterocycles. The molecule has 0 aromatic heterocycles. The molecule has 0 bridgehead atoms. The summed E-state index contributed by atoms with van der Waals surface area (Å²) in [7, 11) is 1.81. The third-order valence-corrected chi connectivity index (χ3v) is 6.44. The molecule has 5 heteroatoms. The molecule has 2 aliphatic rings. The molecule has 2 amide bonds. The summed E-state index contributed by atoms with van der Waals surface area (Å²) < 4.78 is 0. The van der Waals surface area contributed by atoms with E-state index < -0.39 is 0 Å². The lowest BCUT2D eigenvalue weighted by atomic mass is 9.93. The van der Waals surface area contributed by atoms with Crippen LogP contribution in [0, 0.1) is 0 Å². The van der Waals surface area contributed by atoms with Crippen molar-refractivity contribution >= 4 is 11.8 Å². The second kappa shape index (κ2) is 9.00. The van der Waals surface area contributed by atoms with Crippen LogP contribution in [0.4, 0.5) is 0 Å². The van der Waals surface area contributed by atoms with Crippen LogP contribution in [0.3, 0.4) is 0 Å². The fraction of sp³-hybridized carbons (Fsp3) is 0.440. The van der Waals surface area contributed by atoms with E-state index in [1.165, 1.54) is 25.9 Å². The molecule has 0 aliphatic carbocycles. The number of carbonyl (C=O) groups excluding carboxylic acids is 2. The second-order valence-corrected chi connectivity index (χ2v) is 8.36. The molecule has 2 aromatic carbocycles. The Morgan fingerprint density at radius 2 is 1.67 bits per heavy atom. The first-order valence-corrected chi connectivity index (χ1v) is 11.1. The molecule has 0 saturated carbocycles. The fourth-order valence-corrected chi connectivity index (χ4v) is 4.37. The van der Waals surface area contributed by atoms with Crippen LogP contribution in [-0.4, -0.2) is 72.8 Å². The number of likely N-dealkylation sites (tertiary alicyclic amines) is 1. The first kappa shape index (κ1) is 20.6. The average molecular weight is 406 g/mol. The topological polar surface area (TPSA) is 43.9 Å². The fourth-order valence-electron chi connectivity index (χ4n) is 4.37. The zero-order chi connectivity index (χ0) is 21.1. The molecular weight excluding hydrogens is 374 g/mol. The van der Waals surface area contributed by atoms with E-state index in [-0.39, 0.29) is 11.8 Å². The van der Waals surface area contributed by atoms with Gasteiger partial charge in [-0.25, -0.2) is 0 Å². The minimum absolute atomic E-state index is 0.0362. The molecule has 4 rings (SSSR count). The smallest absolute Gasteiger partial charge is 0.254 e. The van der Waals surface area contributed by atoms with Crippen LogP contribution in [-0.2, 0) is 6.42 Å². The van der Waals surface area contributed by atoms with Gasteiger partial charge in [-0.3, -0.25) is 9.59 Å². The first-order chi connectivity index (χ1) is 14.6. The van der Waals surface area contributed by atoms with Crippen LogP contribution in [0.5, 0.6) is 0 Å². The van der Waals surface area contributed by atoms with Crippen LogP contribution >= 0.6 is 0 Å². The van der Waals surface area contributed by atoms with E-state index >= 15 is 0 Å². The van der Waals surface area contributed by atoms with Crippen molar-refractivity contribution in [3.63, 3.8) is 0 Å². The Balaban J connectivity index is 1.45. The number of fused-ring (bicyclic) bond motifs is 1. The van der Waals surface area contributed by atoms with Gasteiger partial charge in [0.2, 0.25) is 0 Å². The molecule has 0 radical (unpaired) electrons. The largest absolute Gasteiger partial charge is 0.342 e. The lowest BCUT2D eigenvalue weighted by Gasteiger charge is -2.30. The quantitative estimate of drug-likeness (QED) is 0.738. The number of nitrogens with zero attached hydrogens (tertiary/aromatic N) is 3. The molecule has 30 heavy (non-hydrogen) atoms. The highest BCUT2D eigenvalue weighted by Gasteiger charge is 2.25. The van der Waals surface area contributed by atoms with Crippen molar-refractivity contribution < 1.29 is 9.59 Å². The van der Waals surface area contributed by atoms with Gasteiger partial charge >= 0.3 is 0 Å². The van der Waals surface area contributed by atoms with Gasteiger partial charge in [0.1, 0.15) is 0 Å². The summed E-state index contributed by atoms with van der Waals surface area (Å²) in [6.07, 6.45) is 3.46. The highest BCUT2D eigenvalue weighted by Crippen LogP contribution is 2.27. The third kappa shape index (κ3) is 4.26. The van der Waals surface area contributed by atoms with Gasteiger partial charge in [-0.1, -0.05) is 24.3 Å². The third-order valence-electron chi connectivity index (χ3n) is 6.44. The van der Waals surface area contributed by atoms with Gasteiger partial charge in [0.15, 0.2) is 0 Å². The Hall–Kier alpha value is -2.66. The van der Waals surface area contributed by atoms with Crippen LogP contribution < -0.4 is 0 Å². The predicted octanol–water partition coefficient (Wildman–Crippen LogP) is 3.54. The maximum Gasteiger partial charge on any atom is 0.254 e. The van der Waals surface area contributed by atoms with E-state index in [2.05, 4.69) is 11.0 Å². The zero-order valence-corrected chi connectivity index (χ0v) is 18.1. The van der Waals surface area contributed by atoms with Crippen molar-refractivity contribution in [3.8, 4) is 11.1 Å². The van der Waals surface area contributed by atoms with Crippen molar-refractivity contribution in [3.05, 3.63) is 59.2 Å². The minimum atomic E-state index is 0.0362. The molecule has 0 atom stereocenters. The molecule has 0 N–H and O–H groups in total. The number of rotatable bonds is 6. The first-order valence-electron chi connectivity index (χ1n) is 11.1. The number of amides is 2. The molecule has 1 saturated heterocycles. The molecule has 0 spiro atoms. The van der Waals surface area contributed by atoms with Crippen molar-refractivity contribution in [1.29, 1.82) is 0 Å². The van der Waals surface area contributed by atoms with E-state index in [9.17, 15) is 9.59 Å². The normalized spacial score (nSPS) is 16.6. The molecule has 2 heterocycles. The Labute approximate surface area is 179 Å². The van der Waals surface area contributed by atoms with Crippen LogP contribution in [0.2, 0.25) is 0 Å². The van der Waals surface area contributed by atoms with E-state index in [1.807, 2.05) is 55.3 Å². The highest BCUT2D eigenvalue weighted by molar-refractivity contribution is 5.97. The number of benzene rings is 2. The predicted molar refractivity (Wildman–Crippen MR) is 120 cm³/mol. The van der Waals surface area contributed by atoms with Crippen LogP contribution in [0.15, 0.2) is 42.5 Å². The molecular formula is C25H31N3O2. The van der Waals surface area contributed by atoms with E-state index in [1.54, 1.807) is 4.90 Å². The summed E-state index contributed by atoms with van der Waals surface area (Å²) in [6, 6.07) is 13.9.